The quantitative estimate of drug-likeness (QED) is 0.0409. The van der Waals surface area contributed by atoms with E-state index in [0.717, 1.165) is 146 Å². The number of aromatic nitrogens is 20. The first-order valence-electron chi connectivity index (χ1n) is 39.1. The molecule has 2 fully saturated rings. The minimum Gasteiger partial charge on any atom is -0.378 e. The van der Waals surface area contributed by atoms with Crippen LogP contribution in [0.4, 0.5) is 44.6 Å². The number of pyridine rings is 4. The summed E-state index contributed by atoms with van der Waals surface area (Å²) in [4.78, 5) is 121. The number of hydrogen-bond donors (Lipinski definition) is 9. The Hall–Kier alpha value is -15.7. The fourth-order valence-electron chi connectivity index (χ4n) is 13.5. The van der Waals surface area contributed by atoms with Crippen molar-refractivity contribution >= 4 is 113 Å². The first-order valence-corrected chi connectivity index (χ1v) is 39.1. The maximum atomic E-state index is 12.8. The van der Waals surface area contributed by atoms with E-state index in [1.54, 1.807) is 104 Å². The van der Waals surface area contributed by atoms with Crippen molar-refractivity contribution in [1.29, 1.82) is 0 Å². The number of carbonyl (C=O) groups is 5. The largest absolute Gasteiger partial charge is 0.378 e. The van der Waals surface area contributed by atoms with Crippen molar-refractivity contribution in [3.63, 3.8) is 0 Å². The number of fused-ring (bicyclic) bond motifs is 4. The summed E-state index contributed by atoms with van der Waals surface area (Å²) in [5.74, 6) is 1.22. The minimum absolute atomic E-state index is 0.247. The third-order valence-electron chi connectivity index (χ3n) is 19.8. The normalized spacial score (nSPS) is 12.5. The molecular weight excluding hydrogens is 1550 g/mol. The number of aromatic amines is 4. The van der Waals surface area contributed by atoms with Gasteiger partial charge in [0.05, 0.1) is 143 Å². The summed E-state index contributed by atoms with van der Waals surface area (Å²) >= 11 is 0. The van der Waals surface area contributed by atoms with Crippen LogP contribution in [0, 0.1) is 27.7 Å². The summed E-state index contributed by atoms with van der Waals surface area (Å²) in [6, 6.07) is 31.2. The molecule has 0 unspecified atom stereocenters. The molecule has 14 heterocycles. The van der Waals surface area contributed by atoms with Gasteiger partial charge in [-0.15, -0.1) is 0 Å². The van der Waals surface area contributed by atoms with Crippen LogP contribution in [0.2, 0.25) is 0 Å². The highest BCUT2D eigenvalue weighted by Crippen LogP contribution is 2.34. The summed E-state index contributed by atoms with van der Waals surface area (Å²) < 4.78 is 5.44. The van der Waals surface area contributed by atoms with Crippen LogP contribution in [0.5, 0.6) is 0 Å². The SMILES string of the molecule is Cc1ncc(NC(=O)c2n[nH]c3ccc(-c4cncc(CN(C)C)c4)cc23)cn1.Cc1ncc(NC(=O)c2n[nH]c3ccc(-c4cncc(N5CCCCC5)c4)cc23)cn1.Cc1ncc(NC(=O)c2n[nH]c3ccc(-c4cncc(N5CCOCC5)c4)cc23)cn1.Cc1ncc(NC(=O)c2n[nH]c3ccc(-c4cncc(NC(=O)N(C)C)c4)cc23)cn1. The second-order valence-electron chi connectivity index (χ2n) is 29.3. The monoisotopic (exact) mass is 1630 g/mol. The van der Waals surface area contributed by atoms with Gasteiger partial charge in [-0.3, -0.25) is 59.5 Å². The van der Waals surface area contributed by atoms with Crippen molar-refractivity contribution in [3.05, 3.63) is 248 Å². The van der Waals surface area contributed by atoms with E-state index in [2.05, 4.69) is 160 Å². The summed E-state index contributed by atoms with van der Waals surface area (Å²) in [6.45, 7) is 13.2. The number of ether oxygens (including phenoxy) is 1. The Kier molecular flexibility index (Phi) is 24.9. The Balaban J connectivity index is 0.000000126. The van der Waals surface area contributed by atoms with Gasteiger partial charge in [0.15, 0.2) is 22.8 Å². The van der Waals surface area contributed by atoms with Crippen LogP contribution < -0.4 is 36.4 Å². The summed E-state index contributed by atoms with van der Waals surface area (Å²) in [5.41, 5.74) is 17.8. The molecular formula is C87H85N29O6. The zero-order valence-corrected chi connectivity index (χ0v) is 67.9. The Morgan fingerprint density at radius 1 is 0.344 bits per heavy atom. The molecule has 2 aliphatic rings. The fourth-order valence-corrected chi connectivity index (χ4v) is 13.5. The van der Waals surface area contributed by atoms with Crippen molar-refractivity contribution < 1.29 is 28.7 Å². The van der Waals surface area contributed by atoms with Crippen LogP contribution in [0.25, 0.3) is 88.1 Å². The van der Waals surface area contributed by atoms with E-state index >= 15 is 0 Å². The maximum absolute atomic E-state index is 12.8. The van der Waals surface area contributed by atoms with E-state index in [1.807, 2.05) is 130 Å². The van der Waals surface area contributed by atoms with Crippen LogP contribution in [-0.2, 0) is 11.3 Å². The number of H-pyrrole nitrogens is 4. The number of morpholine rings is 1. The molecule has 16 aromatic rings. The number of rotatable bonds is 17. The summed E-state index contributed by atoms with van der Waals surface area (Å²) in [6.07, 6.45) is 30.7. The molecule has 4 aromatic carbocycles. The van der Waals surface area contributed by atoms with Crippen LogP contribution in [0.15, 0.2) is 196 Å². The summed E-state index contributed by atoms with van der Waals surface area (Å²) in [5, 5.41) is 45.3. The van der Waals surface area contributed by atoms with Crippen LogP contribution in [-0.4, -0.2) is 208 Å². The van der Waals surface area contributed by atoms with Gasteiger partial charge in [-0.25, -0.2) is 44.7 Å². The molecule has 2 saturated heterocycles. The highest BCUT2D eigenvalue weighted by Gasteiger charge is 2.23. The molecule has 0 aliphatic carbocycles. The molecule has 614 valence electrons. The third kappa shape index (κ3) is 20.0. The molecule has 12 aromatic heterocycles. The molecule has 122 heavy (non-hydrogen) atoms. The molecule has 6 amide bonds. The molecule has 2 aliphatic heterocycles. The van der Waals surface area contributed by atoms with E-state index in [9.17, 15) is 24.0 Å². The average molecular weight is 1630 g/mol. The zero-order chi connectivity index (χ0) is 84.8. The molecule has 0 atom stereocenters. The van der Waals surface area contributed by atoms with Crippen LogP contribution in [0.3, 0.4) is 0 Å². The second-order valence-corrected chi connectivity index (χ2v) is 29.3. The lowest BCUT2D eigenvalue weighted by Gasteiger charge is -2.28. The Bertz CT molecular complexity index is 6240. The predicted molar refractivity (Wildman–Crippen MR) is 465 cm³/mol. The number of amides is 6. The second kappa shape index (κ2) is 37.3. The van der Waals surface area contributed by atoms with Gasteiger partial charge in [-0.2, -0.15) is 20.4 Å². The minimum atomic E-state index is -0.374. The smallest absolute Gasteiger partial charge is 0.321 e. The number of urea groups is 1. The first-order chi connectivity index (χ1) is 59.2. The Morgan fingerprint density at radius 3 is 1.01 bits per heavy atom. The number of nitrogens with one attached hydrogen (secondary N) is 9. The summed E-state index contributed by atoms with van der Waals surface area (Å²) in [7, 11) is 7.37. The van der Waals surface area contributed by atoms with E-state index in [-0.39, 0.29) is 35.4 Å². The lowest BCUT2D eigenvalue weighted by molar-refractivity contribution is 0.101. The third-order valence-corrected chi connectivity index (χ3v) is 19.8. The van der Waals surface area contributed by atoms with E-state index in [4.69, 9.17) is 4.74 Å². The highest BCUT2D eigenvalue weighted by atomic mass is 16.5. The number of anilines is 7. The number of carbonyl (C=O) groups excluding carboxylic acids is 5. The average Bonchev–Trinajstić information content (AvgIpc) is 1.73. The molecule has 0 saturated carbocycles. The number of piperidine rings is 1. The van der Waals surface area contributed by atoms with Gasteiger partial charge in [-0.05, 0) is 162 Å². The van der Waals surface area contributed by atoms with Gasteiger partial charge in [0.25, 0.3) is 23.6 Å². The van der Waals surface area contributed by atoms with Crippen LogP contribution >= 0.6 is 0 Å². The zero-order valence-electron chi connectivity index (χ0n) is 67.9. The number of hydrogen-bond acceptors (Lipinski definition) is 25. The van der Waals surface area contributed by atoms with Gasteiger partial charge in [0, 0.05) is 122 Å². The van der Waals surface area contributed by atoms with Crippen molar-refractivity contribution in [1.82, 2.24) is 110 Å². The van der Waals surface area contributed by atoms with E-state index < -0.39 is 0 Å². The predicted octanol–water partition coefficient (Wildman–Crippen LogP) is 12.9. The molecule has 0 spiro atoms. The highest BCUT2D eigenvalue weighted by molar-refractivity contribution is 6.14. The fraction of sp³-hybridized carbons (Fsp3) is 0.207. The number of benzene rings is 4. The van der Waals surface area contributed by atoms with E-state index in [0.29, 0.717) is 74.2 Å². The van der Waals surface area contributed by atoms with Crippen molar-refractivity contribution in [3.8, 4) is 44.5 Å². The van der Waals surface area contributed by atoms with Crippen molar-refractivity contribution in [2.75, 3.05) is 104 Å². The topological polar surface area (TPSA) is 437 Å². The molecule has 9 N–H and O–H groups in total. The molecule has 35 heteroatoms. The molecule has 18 rings (SSSR count). The lowest BCUT2D eigenvalue weighted by Crippen LogP contribution is -2.36. The maximum Gasteiger partial charge on any atom is 0.321 e. The lowest BCUT2D eigenvalue weighted by atomic mass is 10.0. The van der Waals surface area contributed by atoms with Gasteiger partial charge in [0.1, 0.15) is 23.3 Å². The van der Waals surface area contributed by atoms with Crippen molar-refractivity contribution in [2.24, 2.45) is 0 Å². The van der Waals surface area contributed by atoms with Gasteiger partial charge >= 0.3 is 6.03 Å². The number of aryl methyl sites for hydroxylation is 4. The van der Waals surface area contributed by atoms with Gasteiger partial charge in [0.2, 0.25) is 0 Å². The van der Waals surface area contributed by atoms with Crippen LogP contribution in [0.1, 0.15) is 90.1 Å². The van der Waals surface area contributed by atoms with E-state index in [1.165, 1.54) is 24.2 Å². The van der Waals surface area contributed by atoms with Crippen molar-refractivity contribution in [2.45, 2.75) is 53.5 Å². The van der Waals surface area contributed by atoms with Gasteiger partial charge in [-0.1, -0.05) is 24.3 Å². The first kappa shape index (κ1) is 81.5. The number of nitrogens with zero attached hydrogens (tertiary/aromatic N) is 20. The molecule has 35 nitrogen and oxygen atoms in total. The Labute approximate surface area is 698 Å². The standard InChI is InChI=1S/C23H23N7O.C22H21N7O2.C21H20N8O2.C21H21N7O/c1-15-25-12-18(13-26-15)27-23(31)22-20-10-16(5-6-21(20)28-29-22)17-9-19(14-24-11-17)30-7-3-2-4-8-30;1-14-24-11-17(12-25-14)26-22(30)21-19-9-15(2-3-20(19)27-28-21)16-8-18(13-23-10-16)29-4-6-31-7-5-29;1-12-23-10-16(11-24-12)25-20(30)19-17-7-13(4-5-18(17)27-28-19)14-6-15(9-22-8-14)26-21(31)29(2)3;1-13-23-10-17(11-24-13)25-21(29)20-18-7-15(4-5-19(18)26-27-20)16-6-14(8-22-9-16)12-28(2)3/h5-6,9-14H,2-4,7-8H2,1H3,(H,27,31)(H,28,29);2-3,8-13H,4-7H2,1H3,(H,26,30)(H,27,28);4-11H,1-3H3,(H,25,30)(H,26,31)(H,27,28);4-11H,12H2,1-3H3,(H,25,29)(H,26,27). The molecule has 0 bridgehead atoms. The molecule has 0 radical (unpaired) electrons. The Morgan fingerprint density at radius 2 is 0.664 bits per heavy atom. The van der Waals surface area contributed by atoms with Gasteiger partial charge < -0.3 is 50.9 Å².